The van der Waals surface area contributed by atoms with E-state index in [1.807, 2.05) is 6.07 Å². The van der Waals surface area contributed by atoms with Crippen molar-refractivity contribution in [2.75, 3.05) is 43.9 Å². The first-order chi connectivity index (χ1) is 22.2. The summed E-state index contributed by atoms with van der Waals surface area (Å²) in [6, 6.07) is 4.24. The van der Waals surface area contributed by atoms with Gasteiger partial charge in [-0.05, 0) is 38.1 Å². The summed E-state index contributed by atoms with van der Waals surface area (Å²) in [5.74, 6) is -3.00. The van der Waals surface area contributed by atoms with Crippen molar-refractivity contribution in [3.05, 3.63) is 41.3 Å². The molecule has 3 N–H and O–H groups in total. The number of alkyl halides is 6. The molecule has 47 heavy (non-hydrogen) atoms. The van der Waals surface area contributed by atoms with Crippen molar-refractivity contribution in [3.63, 3.8) is 0 Å². The number of halogens is 7. The van der Waals surface area contributed by atoms with Gasteiger partial charge in [-0.3, -0.25) is 4.90 Å². The molecule has 0 amide bonds. The summed E-state index contributed by atoms with van der Waals surface area (Å²) in [5, 5.41) is 13.1. The molecule has 3 saturated heterocycles. The molecule has 248 valence electrons. The van der Waals surface area contributed by atoms with Gasteiger partial charge in [0.05, 0.1) is 28.8 Å². The van der Waals surface area contributed by atoms with Gasteiger partial charge in [-0.25, -0.2) is 4.39 Å². The van der Waals surface area contributed by atoms with Crippen LogP contribution in [-0.2, 0) is 13.2 Å². The first kappa shape index (κ1) is 31.3. The van der Waals surface area contributed by atoms with Crippen LogP contribution in [0.15, 0.2) is 24.4 Å². The van der Waals surface area contributed by atoms with Crippen LogP contribution in [0, 0.1) is 23.1 Å². The van der Waals surface area contributed by atoms with E-state index < -0.39 is 59.4 Å². The average Bonchev–Trinajstić information content (AvgIpc) is 3.51. The summed E-state index contributed by atoms with van der Waals surface area (Å²) >= 11 is 0. The standard InChI is InChI=1S/C31H29F7N8O/c1-44-11-18(24-17(8-39)21(40)5-6-22(24)44)25-19(30(33,34)35)7-16-27(26(25)32)42-29(47-13-23-20(12-45(23)2)31(36,37)38)43-28(16)46-9-14-3-4-15(10-46)41-14/h5-7,11,14-15,20,23,41H,3-4,9-10,12-13,40H2,1-2H3/t14?,15?,20-,23-/m1/s1. The number of fused-ring (bicyclic) bond motifs is 4. The fourth-order valence-electron chi connectivity index (χ4n) is 7.23. The molecule has 16 heteroatoms. The Labute approximate surface area is 263 Å². The summed E-state index contributed by atoms with van der Waals surface area (Å²) < 4.78 is 109. The monoisotopic (exact) mass is 662 g/mol. The first-order valence-corrected chi connectivity index (χ1v) is 15.0. The molecule has 9 nitrogen and oxygen atoms in total. The van der Waals surface area contributed by atoms with Crippen LogP contribution >= 0.6 is 0 Å². The number of likely N-dealkylation sites (tertiary alicyclic amines) is 1. The highest BCUT2D eigenvalue weighted by molar-refractivity contribution is 6.05. The third-order valence-corrected chi connectivity index (χ3v) is 9.60. The second-order valence-corrected chi connectivity index (χ2v) is 12.5. The lowest BCUT2D eigenvalue weighted by atomic mass is 9.89. The van der Waals surface area contributed by atoms with E-state index in [4.69, 9.17) is 10.5 Å². The number of anilines is 2. The third-order valence-electron chi connectivity index (χ3n) is 9.60. The van der Waals surface area contributed by atoms with E-state index >= 15 is 4.39 Å². The van der Waals surface area contributed by atoms with Crippen LogP contribution in [0.3, 0.4) is 0 Å². The first-order valence-electron chi connectivity index (χ1n) is 15.0. The van der Waals surface area contributed by atoms with Crippen LogP contribution in [0.25, 0.3) is 32.9 Å². The maximum atomic E-state index is 16.9. The van der Waals surface area contributed by atoms with Crippen molar-refractivity contribution < 1.29 is 35.5 Å². The summed E-state index contributed by atoms with van der Waals surface area (Å²) in [6.45, 7) is 0.0375. The second-order valence-electron chi connectivity index (χ2n) is 12.5. The molecule has 4 aromatic rings. The molecule has 2 aromatic heterocycles. The second kappa shape index (κ2) is 10.8. The number of nitrogens with zero attached hydrogens (tertiary/aromatic N) is 6. The third kappa shape index (κ3) is 5.16. The number of nitrogens with two attached hydrogens (primary N) is 1. The van der Waals surface area contributed by atoms with Crippen LogP contribution in [0.5, 0.6) is 6.01 Å². The van der Waals surface area contributed by atoms with Gasteiger partial charge in [0.25, 0.3) is 0 Å². The van der Waals surface area contributed by atoms with Crippen LogP contribution in [-0.4, -0.2) is 77.0 Å². The van der Waals surface area contributed by atoms with E-state index in [0.29, 0.717) is 18.6 Å². The van der Waals surface area contributed by atoms with Crippen molar-refractivity contribution in [2.24, 2.45) is 13.0 Å². The van der Waals surface area contributed by atoms with E-state index in [1.165, 1.54) is 34.8 Å². The Hall–Kier alpha value is -4.36. The molecule has 0 spiro atoms. The van der Waals surface area contributed by atoms with Gasteiger partial charge in [0.2, 0.25) is 0 Å². The highest BCUT2D eigenvalue weighted by Crippen LogP contribution is 2.47. The molecule has 2 unspecified atom stereocenters. The molecule has 7 rings (SSSR count). The molecule has 2 bridgehead atoms. The number of rotatable bonds is 5. The lowest BCUT2D eigenvalue weighted by molar-refractivity contribution is -0.230. The Kier molecular flexibility index (Phi) is 7.21. The highest BCUT2D eigenvalue weighted by Gasteiger charge is 2.53. The fourth-order valence-corrected chi connectivity index (χ4v) is 7.23. The van der Waals surface area contributed by atoms with Crippen molar-refractivity contribution in [3.8, 4) is 23.2 Å². The Morgan fingerprint density at radius 1 is 1.06 bits per heavy atom. The van der Waals surface area contributed by atoms with Gasteiger partial charge in [0.1, 0.15) is 24.0 Å². The zero-order valence-corrected chi connectivity index (χ0v) is 25.2. The summed E-state index contributed by atoms with van der Waals surface area (Å²) in [5.41, 5.74) is 3.40. The number of aromatic nitrogens is 3. The van der Waals surface area contributed by atoms with Gasteiger partial charge in [-0.2, -0.15) is 41.6 Å². The van der Waals surface area contributed by atoms with Crippen LogP contribution < -0.4 is 20.7 Å². The Morgan fingerprint density at radius 3 is 2.38 bits per heavy atom. The molecule has 3 aliphatic heterocycles. The predicted molar refractivity (Wildman–Crippen MR) is 159 cm³/mol. The van der Waals surface area contributed by atoms with Gasteiger partial charge in [0.15, 0.2) is 5.82 Å². The van der Waals surface area contributed by atoms with Crippen LogP contribution in [0.1, 0.15) is 24.0 Å². The minimum absolute atomic E-state index is 0.00596. The average molecular weight is 663 g/mol. The van der Waals surface area contributed by atoms with Gasteiger partial charge < -0.3 is 25.3 Å². The van der Waals surface area contributed by atoms with Gasteiger partial charge in [-0.15, -0.1) is 0 Å². The lowest BCUT2D eigenvalue weighted by Gasteiger charge is -2.46. The molecule has 0 aliphatic carbocycles. The molecular formula is C31H29F7N8O. The molecule has 3 fully saturated rings. The number of piperazine rings is 1. The van der Waals surface area contributed by atoms with Gasteiger partial charge in [-0.1, -0.05) is 0 Å². The minimum atomic E-state index is -5.05. The summed E-state index contributed by atoms with van der Waals surface area (Å²) in [6.07, 6.45) is -6.55. The topological polar surface area (TPSA) is 108 Å². The minimum Gasteiger partial charge on any atom is -0.462 e. The van der Waals surface area contributed by atoms with Crippen LogP contribution in [0.2, 0.25) is 0 Å². The predicted octanol–water partition coefficient (Wildman–Crippen LogP) is 5.21. The smallest absolute Gasteiger partial charge is 0.417 e. The SMILES string of the molecule is CN1C[C@@H](C(F)(F)F)[C@H]1COc1nc(N2CC3CCC(C2)N3)c2cc(C(F)(F)F)c(-c3cn(C)c4ccc(N)c(C#N)c34)c(F)c2n1. The zero-order chi connectivity index (χ0) is 33.6. The number of aryl methyl sites for hydroxylation is 1. The van der Waals surface area contributed by atoms with Crippen LogP contribution in [0.4, 0.5) is 42.2 Å². The van der Waals surface area contributed by atoms with E-state index in [0.717, 1.165) is 18.9 Å². The number of hydrogen-bond donors (Lipinski definition) is 2. The Morgan fingerprint density at radius 2 is 1.77 bits per heavy atom. The summed E-state index contributed by atoms with van der Waals surface area (Å²) in [4.78, 5) is 11.8. The molecule has 4 atom stereocenters. The normalized spacial score (nSPS) is 23.4. The quantitative estimate of drug-likeness (QED) is 0.222. The number of hydrogen-bond acceptors (Lipinski definition) is 8. The van der Waals surface area contributed by atoms with E-state index in [9.17, 15) is 31.6 Å². The Balaban J connectivity index is 1.44. The zero-order valence-electron chi connectivity index (χ0n) is 25.2. The summed E-state index contributed by atoms with van der Waals surface area (Å²) in [7, 11) is 3.06. The maximum Gasteiger partial charge on any atom is 0.417 e. The van der Waals surface area contributed by atoms with E-state index in [2.05, 4.69) is 15.3 Å². The van der Waals surface area contributed by atoms with Gasteiger partial charge >= 0.3 is 18.4 Å². The fraction of sp³-hybridized carbons (Fsp3) is 0.452. The number of nitrogens with one attached hydrogen (secondary N) is 1. The number of nitriles is 1. The largest absolute Gasteiger partial charge is 0.462 e. The molecule has 5 heterocycles. The van der Waals surface area contributed by atoms with Crippen molar-refractivity contribution in [1.29, 1.82) is 5.26 Å². The molecular weight excluding hydrogens is 633 g/mol. The number of ether oxygens (including phenoxy) is 1. The number of likely N-dealkylation sites (N-methyl/N-ethyl adjacent to an activating group) is 1. The van der Waals surface area contributed by atoms with Gasteiger partial charge in [0, 0.05) is 72.4 Å². The van der Waals surface area contributed by atoms with Crippen molar-refractivity contribution in [2.45, 2.75) is 43.3 Å². The van der Waals surface area contributed by atoms with E-state index in [1.54, 1.807) is 11.9 Å². The lowest BCUT2D eigenvalue weighted by Crippen LogP contribution is -2.61. The molecule has 2 aromatic carbocycles. The maximum absolute atomic E-state index is 16.9. The Bertz CT molecular complexity index is 1940. The van der Waals surface area contributed by atoms with E-state index in [-0.39, 0.29) is 52.0 Å². The number of benzene rings is 2. The molecule has 0 saturated carbocycles. The number of nitrogen functional groups attached to an aromatic ring is 1. The molecule has 3 aliphatic rings. The highest BCUT2D eigenvalue weighted by atomic mass is 19.4. The molecule has 0 radical (unpaired) electrons. The van der Waals surface area contributed by atoms with Crippen molar-refractivity contribution in [1.82, 2.24) is 24.8 Å². The van der Waals surface area contributed by atoms with Crippen molar-refractivity contribution >= 4 is 33.3 Å².